The maximum absolute atomic E-state index is 10.6. The third kappa shape index (κ3) is 4.08. The van der Waals surface area contributed by atoms with Gasteiger partial charge in [0.05, 0.1) is 23.7 Å². The lowest BCUT2D eigenvalue weighted by Crippen LogP contribution is -2.37. The van der Waals surface area contributed by atoms with Gasteiger partial charge < -0.3 is 15.5 Å². The summed E-state index contributed by atoms with van der Waals surface area (Å²) in [5, 5.41) is 35.3. The van der Waals surface area contributed by atoms with E-state index in [1.807, 2.05) is 17.5 Å². The zero-order valence-corrected chi connectivity index (χ0v) is 12.0. The highest BCUT2D eigenvalue weighted by atomic mass is 32.1. The van der Waals surface area contributed by atoms with Crippen molar-refractivity contribution in [2.45, 2.75) is 18.7 Å². The summed E-state index contributed by atoms with van der Waals surface area (Å²) in [4.78, 5) is 11.2. The highest BCUT2D eigenvalue weighted by molar-refractivity contribution is 7.09. The second kappa shape index (κ2) is 7.28. The Hall–Kier alpha value is -1.80. The number of thiophene rings is 1. The van der Waals surface area contributed by atoms with E-state index in [4.69, 9.17) is 0 Å². The average Bonchev–Trinajstić information content (AvgIpc) is 3.01. The van der Waals surface area contributed by atoms with Gasteiger partial charge in [-0.3, -0.25) is 10.1 Å². The Bertz CT molecular complexity index is 571. The lowest BCUT2D eigenvalue weighted by molar-refractivity contribution is -0.384. The molecule has 112 valence electrons. The molecule has 0 spiro atoms. The molecule has 6 nitrogen and oxygen atoms in total. The molecule has 21 heavy (non-hydrogen) atoms. The summed E-state index contributed by atoms with van der Waals surface area (Å²) in [7, 11) is 0. The number of benzene rings is 1. The van der Waals surface area contributed by atoms with Crippen molar-refractivity contribution in [1.29, 1.82) is 0 Å². The molecule has 0 amide bonds. The highest BCUT2D eigenvalue weighted by Crippen LogP contribution is 2.21. The molecule has 7 heteroatoms. The Morgan fingerprint density at radius 3 is 2.52 bits per heavy atom. The van der Waals surface area contributed by atoms with Crippen LogP contribution < -0.4 is 5.32 Å². The zero-order chi connectivity index (χ0) is 15.2. The lowest BCUT2D eigenvalue weighted by atomic mass is 10.0. The fraction of sp³-hybridized carbons (Fsp3) is 0.286. The molecule has 2 aromatic rings. The molecule has 2 unspecified atom stereocenters. The van der Waals surface area contributed by atoms with Gasteiger partial charge in [0, 0.05) is 23.6 Å². The van der Waals surface area contributed by atoms with Crippen LogP contribution in [0.4, 0.5) is 5.69 Å². The molecule has 0 aliphatic rings. The molecule has 1 aromatic carbocycles. The molecule has 0 radical (unpaired) electrons. The van der Waals surface area contributed by atoms with Crippen LogP contribution in [0.2, 0.25) is 0 Å². The average molecular weight is 308 g/mol. The Morgan fingerprint density at radius 1 is 1.29 bits per heavy atom. The molecular weight excluding hydrogens is 292 g/mol. The molecule has 1 aromatic heterocycles. The van der Waals surface area contributed by atoms with Crippen molar-refractivity contribution in [2.24, 2.45) is 0 Å². The van der Waals surface area contributed by atoms with Gasteiger partial charge in [0.1, 0.15) is 0 Å². The van der Waals surface area contributed by atoms with Crippen LogP contribution in [-0.4, -0.2) is 27.8 Å². The number of hydrogen-bond donors (Lipinski definition) is 3. The van der Waals surface area contributed by atoms with Gasteiger partial charge in [-0.2, -0.15) is 0 Å². The molecular formula is C14H16N2O4S. The van der Waals surface area contributed by atoms with Gasteiger partial charge in [0.15, 0.2) is 0 Å². The normalized spacial score (nSPS) is 13.8. The van der Waals surface area contributed by atoms with Gasteiger partial charge >= 0.3 is 0 Å². The number of rotatable bonds is 7. The molecule has 0 aliphatic heterocycles. The summed E-state index contributed by atoms with van der Waals surface area (Å²) in [6.07, 6.45) is -0.934. The first kappa shape index (κ1) is 15.6. The SMILES string of the molecule is O=[N+]([O-])c1ccc(C(O)C(CO)NCc2cccs2)cc1. The smallest absolute Gasteiger partial charge is 0.269 e. The topological polar surface area (TPSA) is 95.6 Å². The monoisotopic (exact) mass is 308 g/mol. The summed E-state index contributed by atoms with van der Waals surface area (Å²) in [5.41, 5.74) is 0.497. The minimum Gasteiger partial charge on any atom is -0.395 e. The van der Waals surface area contributed by atoms with Crippen molar-refractivity contribution < 1.29 is 15.1 Å². The zero-order valence-electron chi connectivity index (χ0n) is 11.2. The van der Waals surface area contributed by atoms with Crippen molar-refractivity contribution in [2.75, 3.05) is 6.61 Å². The largest absolute Gasteiger partial charge is 0.395 e. The predicted molar refractivity (Wildman–Crippen MR) is 80.1 cm³/mol. The van der Waals surface area contributed by atoms with E-state index in [-0.39, 0.29) is 12.3 Å². The lowest BCUT2D eigenvalue weighted by Gasteiger charge is -2.22. The molecule has 0 saturated heterocycles. The standard InChI is InChI=1S/C14H16N2O4S/c17-9-13(15-8-12-2-1-7-21-12)14(18)10-3-5-11(6-4-10)16(19)20/h1-7,13-15,17-18H,8-9H2. The van der Waals surface area contributed by atoms with Crippen molar-refractivity contribution in [3.05, 3.63) is 62.3 Å². The minimum absolute atomic E-state index is 0.0296. The van der Waals surface area contributed by atoms with Gasteiger partial charge in [-0.25, -0.2) is 0 Å². The van der Waals surface area contributed by atoms with Crippen LogP contribution in [0.5, 0.6) is 0 Å². The Morgan fingerprint density at radius 2 is 2.00 bits per heavy atom. The molecule has 0 saturated carbocycles. The molecule has 0 bridgehead atoms. The Labute approximate surface area is 125 Å². The molecule has 1 heterocycles. The van der Waals surface area contributed by atoms with Crippen molar-refractivity contribution in [3.63, 3.8) is 0 Å². The fourth-order valence-electron chi connectivity index (χ4n) is 1.95. The molecule has 0 aliphatic carbocycles. The van der Waals surface area contributed by atoms with E-state index in [9.17, 15) is 20.3 Å². The molecule has 2 rings (SSSR count). The first-order valence-electron chi connectivity index (χ1n) is 6.41. The summed E-state index contributed by atoms with van der Waals surface area (Å²) >= 11 is 1.59. The van der Waals surface area contributed by atoms with Crippen LogP contribution in [0.3, 0.4) is 0 Å². The maximum atomic E-state index is 10.6. The number of non-ortho nitro benzene ring substituents is 1. The molecule has 2 atom stereocenters. The summed E-state index contributed by atoms with van der Waals surface area (Å²) in [6, 6.07) is 9.04. The van der Waals surface area contributed by atoms with Gasteiger partial charge in [-0.15, -0.1) is 11.3 Å². The van der Waals surface area contributed by atoms with Gasteiger partial charge in [-0.1, -0.05) is 6.07 Å². The number of aliphatic hydroxyl groups excluding tert-OH is 2. The van der Waals surface area contributed by atoms with Crippen LogP contribution in [0, 0.1) is 10.1 Å². The van der Waals surface area contributed by atoms with E-state index >= 15 is 0 Å². The number of hydrogen-bond acceptors (Lipinski definition) is 6. The maximum Gasteiger partial charge on any atom is 0.269 e. The van der Waals surface area contributed by atoms with E-state index in [2.05, 4.69) is 5.32 Å². The fourth-order valence-corrected chi connectivity index (χ4v) is 2.60. The second-order valence-electron chi connectivity index (χ2n) is 4.54. The Balaban J connectivity index is 2.01. The second-order valence-corrected chi connectivity index (χ2v) is 5.58. The summed E-state index contributed by atoms with van der Waals surface area (Å²) in [6.45, 7) is 0.316. The number of nitro benzene ring substituents is 1. The van der Waals surface area contributed by atoms with Gasteiger partial charge in [0.25, 0.3) is 5.69 Å². The van der Waals surface area contributed by atoms with E-state index in [1.54, 1.807) is 11.3 Å². The van der Waals surface area contributed by atoms with Crippen LogP contribution in [-0.2, 0) is 6.54 Å². The number of nitro groups is 1. The summed E-state index contributed by atoms with van der Waals surface area (Å²) < 4.78 is 0. The van der Waals surface area contributed by atoms with E-state index < -0.39 is 17.1 Å². The first-order valence-corrected chi connectivity index (χ1v) is 7.29. The minimum atomic E-state index is -0.934. The summed E-state index contributed by atoms with van der Waals surface area (Å²) in [5.74, 6) is 0. The van der Waals surface area contributed by atoms with Crippen LogP contribution in [0.25, 0.3) is 0 Å². The van der Waals surface area contributed by atoms with Crippen LogP contribution in [0.15, 0.2) is 41.8 Å². The molecule has 0 fully saturated rings. The van der Waals surface area contributed by atoms with E-state index in [0.717, 1.165) is 4.88 Å². The number of aliphatic hydroxyl groups is 2. The van der Waals surface area contributed by atoms with Gasteiger partial charge in [0.2, 0.25) is 0 Å². The van der Waals surface area contributed by atoms with E-state index in [0.29, 0.717) is 12.1 Å². The van der Waals surface area contributed by atoms with Gasteiger partial charge in [-0.05, 0) is 29.1 Å². The predicted octanol–water partition coefficient (Wildman–Crippen LogP) is 1.84. The highest BCUT2D eigenvalue weighted by Gasteiger charge is 2.20. The van der Waals surface area contributed by atoms with Crippen molar-refractivity contribution in [1.82, 2.24) is 5.32 Å². The number of nitrogens with zero attached hydrogens (tertiary/aromatic N) is 1. The van der Waals surface area contributed by atoms with Crippen molar-refractivity contribution in [3.8, 4) is 0 Å². The van der Waals surface area contributed by atoms with Crippen LogP contribution in [0.1, 0.15) is 16.5 Å². The first-order chi connectivity index (χ1) is 10.1. The third-order valence-electron chi connectivity index (χ3n) is 3.14. The molecule has 3 N–H and O–H groups in total. The Kier molecular flexibility index (Phi) is 5.40. The van der Waals surface area contributed by atoms with E-state index in [1.165, 1.54) is 24.3 Å². The van der Waals surface area contributed by atoms with Crippen LogP contribution >= 0.6 is 11.3 Å². The quantitative estimate of drug-likeness (QED) is 0.536. The third-order valence-corrected chi connectivity index (χ3v) is 4.02. The van der Waals surface area contributed by atoms with Crippen molar-refractivity contribution >= 4 is 17.0 Å². The number of nitrogens with one attached hydrogen (secondary N) is 1.